The lowest BCUT2D eigenvalue weighted by Crippen LogP contribution is -2.49. The summed E-state index contributed by atoms with van der Waals surface area (Å²) in [5.74, 6) is -0.157. The largest absolute Gasteiger partial charge is 0.350 e. The van der Waals surface area contributed by atoms with E-state index in [4.69, 9.17) is 0 Å². The molecule has 6 nitrogen and oxygen atoms in total. The summed E-state index contributed by atoms with van der Waals surface area (Å²) in [7, 11) is 1.87. The predicted octanol–water partition coefficient (Wildman–Crippen LogP) is 2.81. The molecule has 0 fully saturated rings. The van der Waals surface area contributed by atoms with E-state index < -0.39 is 4.92 Å². The summed E-state index contributed by atoms with van der Waals surface area (Å²) in [6, 6.07) is 13.8. The van der Waals surface area contributed by atoms with Gasteiger partial charge in [0.2, 0.25) is 0 Å². The number of hydrogen-bond acceptors (Lipinski definition) is 4. The van der Waals surface area contributed by atoms with Crippen molar-refractivity contribution in [2.45, 2.75) is 6.17 Å². The molecule has 1 heterocycles. The maximum atomic E-state index is 12.1. The minimum atomic E-state index is -0.419. The number of nitrogens with one attached hydrogen (secondary N) is 1. The number of rotatable bonds is 3. The first kappa shape index (κ1) is 14.8. The van der Waals surface area contributed by atoms with Crippen molar-refractivity contribution >= 4 is 23.4 Å². The number of benzene rings is 2. The molecule has 1 atom stereocenters. The number of para-hydroxylation sites is 2. The average molecular weight is 309 g/mol. The highest BCUT2D eigenvalue weighted by molar-refractivity contribution is 6.02. The topological polar surface area (TPSA) is 75.5 Å². The molecule has 0 aromatic heterocycles. The Morgan fingerprint density at radius 2 is 1.87 bits per heavy atom. The lowest BCUT2D eigenvalue weighted by Gasteiger charge is -2.34. The van der Waals surface area contributed by atoms with Crippen LogP contribution >= 0.6 is 0 Å². The Morgan fingerprint density at radius 3 is 2.65 bits per heavy atom. The Bertz CT molecular complexity index is 801. The van der Waals surface area contributed by atoms with Gasteiger partial charge in [0.05, 0.1) is 21.7 Å². The Morgan fingerprint density at radius 1 is 1.17 bits per heavy atom. The maximum absolute atomic E-state index is 12.1. The molecule has 0 aliphatic carbocycles. The summed E-state index contributed by atoms with van der Waals surface area (Å²) in [6.45, 7) is 0. The minimum absolute atomic E-state index is 0.0361. The van der Waals surface area contributed by atoms with E-state index in [1.165, 1.54) is 6.07 Å². The van der Waals surface area contributed by atoms with Crippen molar-refractivity contribution in [2.75, 3.05) is 11.9 Å². The Hall–Kier alpha value is -3.15. The van der Waals surface area contributed by atoms with Crippen LogP contribution in [0.25, 0.3) is 6.08 Å². The Labute approximate surface area is 133 Å². The number of hydrogen-bond donors (Lipinski definition) is 1. The fourth-order valence-electron chi connectivity index (χ4n) is 2.60. The number of likely N-dealkylation sites (N-methyl/N-ethyl adjacent to an activating group) is 1. The van der Waals surface area contributed by atoms with Crippen LogP contribution in [0, 0.1) is 10.1 Å². The number of fused-ring (bicyclic) bond motifs is 1. The molecule has 116 valence electrons. The van der Waals surface area contributed by atoms with Crippen molar-refractivity contribution < 1.29 is 9.72 Å². The van der Waals surface area contributed by atoms with Crippen molar-refractivity contribution in [1.82, 2.24) is 5.32 Å². The van der Waals surface area contributed by atoms with E-state index in [2.05, 4.69) is 5.32 Å². The van der Waals surface area contributed by atoms with Gasteiger partial charge in [-0.05, 0) is 30.4 Å². The van der Waals surface area contributed by atoms with Crippen LogP contribution in [-0.2, 0) is 0 Å². The van der Waals surface area contributed by atoms with Gasteiger partial charge < -0.3 is 10.2 Å². The highest BCUT2D eigenvalue weighted by Gasteiger charge is 2.26. The molecule has 1 amide bonds. The molecule has 0 saturated carbocycles. The molecule has 6 heteroatoms. The normalized spacial score (nSPS) is 17.0. The highest BCUT2D eigenvalue weighted by atomic mass is 16.6. The monoisotopic (exact) mass is 309 g/mol. The van der Waals surface area contributed by atoms with E-state index >= 15 is 0 Å². The molecule has 0 saturated heterocycles. The van der Waals surface area contributed by atoms with Crippen molar-refractivity contribution in [2.24, 2.45) is 0 Å². The summed E-state index contributed by atoms with van der Waals surface area (Å²) in [6.07, 6.45) is 3.04. The van der Waals surface area contributed by atoms with Crippen molar-refractivity contribution in [3.63, 3.8) is 0 Å². The van der Waals surface area contributed by atoms with Gasteiger partial charge in [0.25, 0.3) is 11.6 Å². The van der Waals surface area contributed by atoms with Gasteiger partial charge in [-0.3, -0.25) is 14.9 Å². The Kier molecular flexibility index (Phi) is 3.80. The molecule has 0 bridgehead atoms. The van der Waals surface area contributed by atoms with Crippen molar-refractivity contribution in [1.29, 1.82) is 0 Å². The van der Waals surface area contributed by atoms with Crippen LogP contribution in [-0.4, -0.2) is 24.0 Å². The molecule has 0 radical (unpaired) electrons. The standard InChI is InChI=1S/C17H15N3O3/c1-19-15-9-5-3-7-13(15)17(21)18-16(19)11-10-12-6-2-4-8-14(12)20(22)23/h2-11,16H,1H3,(H,18,21). The van der Waals surface area contributed by atoms with Gasteiger partial charge in [-0.15, -0.1) is 0 Å². The first-order valence-electron chi connectivity index (χ1n) is 7.12. The van der Waals surface area contributed by atoms with Gasteiger partial charge in [-0.25, -0.2) is 0 Å². The zero-order valence-electron chi connectivity index (χ0n) is 12.5. The van der Waals surface area contributed by atoms with Crippen molar-refractivity contribution in [3.05, 3.63) is 75.8 Å². The average Bonchev–Trinajstić information content (AvgIpc) is 2.57. The molecule has 23 heavy (non-hydrogen) atoms. The zero-order chi connectivity index (χ0) is 16.4. The SMILES string of the molecule is CN1c2ccccc2C(=O)NC1C=Cc1ccccc1[N+](=O)[O-]. The second kappa shape index (κ2) is 5.92. The quantitative estimate of drug-likeness (QED) is 0.699. The first-order chi connectivity index (χ1) is 11.1. The molecule has 2 aromatic carbocycles. The van der Waals surface area contributed by atoms with E-state index in [0.717, 1.165) is 5.69 Å². The van der Waals surface area contributed by atoms with Crippen LogP contribution in [0.15, 0.2) is 54.6 Å². The van der Waals surface area contributed by atoms with Gasteiger partial charge in [0, 0.05) is 13.1 Å². The third-order valence-electron chi connectivity index (χ3n) is 3.82. The van der Waals surface area contributed by atoms with Crippen molar-refractivity contribution in [3.8, 4) is 0 Å². The number of anilines is 1. The van der Waals surface area contributed by atoms with Crippen LogP contribution in [0.1, 0.15) is 15.9 Å². The second-order valence-corrected chi connectivity index (χ2v) is 5.22. The smallest absolute Gasteiger partial charge is 0.276 e. The number of nitro groups is 1. The molecule has 1 unspecified atom stereocenters. The molecule has 2 aromatic rings. The van der Waals surface area contributed by atoms with Crippen LogP contribution in [0.2, 0.25) is 0 Å². The van der Waals surface area contributed by atoms with E-state index in [1.54, 1.807) is 36.4 Å². The molecular formula is C17H15N3O3. The van der Waals surface area contributed by atoms with Gasteiger partial charge in [0.15, 0.2) is 0 Å². The molecule has 3 rings (SSSR count). The number of carbonyl (C=O) groups excluding carboxylic acids is 1. The van der Waals surface area contributed by atoms with Crippen LogP contribution < -0.4 is 10.2 Å². The molecule has 1 aliphatic heterocycles. The lowest BCUT2D eigenvalue weighted by molar-refractivity contribution is -0.385. The van der Waals surface area contributed by atoms with E-state index in [0.29, 0.717) is 11.1 Å². The van der Waals surface area contributed by atoms with E-state index in [9.17, 15) is 14.9 Å². The molecule has 1 aliphatic rings. The lowest BCUT2D eigenvalue weighted by atomic mass is 10.1. The molecule has 0 spiro atoms. The van der Waals surface area contributed by atoms with Gasteiger partial charge in [0.1, 0.15) is 6.17 Å². The van der Waals surface area contributed by atoms with E-state index in [-0.39, 0.29) is 17.8 Å². The van der Waals surface area contributed by atoms with Crippen LogP contribution in [0.3, 0.4) is 0 Å². The third-order valence-corrected chi connectivity index (χ3v) is 3.82. The minimum Gasteiger partial charge on any atom is -0.350 e. The number of amides is 1. The molecule has 1 N–H and O–H groups in total. The fraction of sp³-hybridized carbons (Fsp3) is 0.118. The summed E-state index contributed by atoms with van der Waals surface area (Å²) in [5, 5.41) is 13.9. The first-order valence-corrected chi connectivity index (χ1v) is 7.12. The third kappa shape index (κ3) is 2.78. The fourth-order valence-corrected chi connectivity index (χ4v) is 2.60. The summed E-state index contributed by atoms with van der Waals surface area (Å²) in [4.78, 5) is 24.7. The predicted molar refractivity (Wildman–Crippen MR) is 88.2 cm³/mol. The number of nitrogens with zero attached hydrogens (tertiary/aromatic N) is 2. The van der Waals surface area contributed by atoms with Crippen LogP contribution in [0.4, 0.5) is 11.4 Å². The maximum Gasteiger partial charge on any atom is 0.276 e. The van der Waals surface area contributed by atoms with E-state index in [1.807, 2.05) is 30.1 Å². The van der Waals surface area contributed by atoms with Crippen LogP contribution in [0.5, 0.6) is 0 Å². The van der Waals surface area contributed by atoms with Gasteiger partial charge >= 0.3 is 0 Å². The zero-order valence-corrected chi connectivity index (χ0v) is 12.5. The number of carbonyl (C=O) groups is 1. The highest BCUT2D eigenvalue weighted by Crippen LogP contribution is 2.26. The molecular weight excluding hydrogens is 294 g/mol. The number of nitro benzene ring substituents is 1. The van der Waals surface area contributed by atoms with Gasteiger partial charge in [-0.2, -0.15) is 0 Å². The Balaban J connectivity index is 1.90. The second-order valence-electron chi connectivity index (χ2n) is 5.22. The van der Waals surface area contributed by atoms with Gasteiger partial charge in [-0.1, -0.05) is 24.3 Å². The summed E-state index contributed by atoms with van der Waals surface area (Å²) in [5.41, 5.74) is 1.98. The summed E-state index contributed by atoms with van der Waals surface area (Å²) >= 11 is 0. The summed E-state index contributed by atoms with van der Waals surface area (Å²) < 4.78 is 0.